The molecule has 0 saturated heterocycles. The Balaban J connectivity index is 2.01. The first-order valence-corrected chi connectivity index (χ1v) is 11.2. The van der Waals surface area contributed by atoms with Gasteiger partial charge in [0.25, 0.3) is 0 Å². The van der Waals surface area contributed by atoms with Gasteiger partial charge in [0.15, 0.2) is 0 Å². The molecule has 0 bridgehead atoms. The number of nitrogens with one attached hydrogen (secondary N) is 2. The quantitative estimate of drug-likeness (QED) is 0.382. The first kappa shape index (κ1) is 24.7. The second-order valence-electron chi connectivity index (χ2n) is 7.92. The maximum Gasteiger partial charge on any atom is 0.220 e. The number of amides is 1. The Morgan fingerprint density at radius 3 is 2.43 bits per heavy atom. The number of halogens is 3. The summed E-state index contributed by atoms with van der Waals surface area (Å²) in [7, 11) is 0. The number of aliphatic hydroxyl groups excluding tert-OH is 1. The standard InChI is InChI=1S/C23H29F2IN2O2/c1-15(2)6-7-23(30)28-21(11-17-8-18(24)12-19(25)9-17)22(29)14-27-13-16-4-3-5-20(26)10-16/h3-5,8-10,12,15,21-22,27,29H,6-7,11,13-14H2,1-2H3,(H,28,30)/t21-,22-/m0/s1. The van der Waals surface area contributed by atoms with Crippen LogP contribution in [0.3, 0.4) is 0 Å². The number of rotatable bonds is 11. The van der Waals surface area contributed by atoms with Crippen LogP contribution in [0, 0.1) is 21.1 Å². The van der Waals surface area contributed by atoms with Crippen molar-refractivity contribution in [3.05, 3.63) is 68.8 Å². The highest BCUT2D eigenvalue weighted by Crippen LogP contribution is 2.13. The van der Waals surface area contributed by atoms with Gasteiger partial charge in [-0.05, 0) is 76.7 Å². The fourth-order valence-corrected chi connectivity index (χ4v) is 3.73. The predicted molar refractivity (Wildman–Crippen MR) is 123 cm³/mol. The SMILES string of the molecule is CC(C)CCC(=O)N[C@@H](Cc1cc(F)cc(F)c1)[C@@H](O)CNCc1cccc(I)c1. The van der Waals surface area contributed by atoms with Crippen molar-refractivity contribution in [2.75, 3.05) is 6.54 Å². The molecule has 0 aliphatic rings. The Morgan fingerprint density at radius 1 is 1.10 bits per heavy atom. The van der Waals surface area contributed by atoms with E-state index in [0.717, 1.165) is 21.6 Å². The summed E-state index contributed by atoms with van der Waals surface area (Å²) < 4.78 is 28.3. The van der Waals surface area contributed by atoms with Gasteiger partial charge in [-0.2, -0.15) is 0 Å². The van der Waals surface area contributed by atoms with E-state index in [1.807, 2.05) is 38.1 Å². The molecule has 0 saturated carbocycles. The van der Waals surface area contributed by atoms with Crippen molar-refractivity contribution in [2.24, 2.45) is 5.92 Å². The topological polar surface area (TPSA) is 61.4 Å². The minimum atomic E-state index is -0.915. The summed E-state index contributed by atoms with van der Waals surface area (Å²) in [4.78, 5) is 12.3. The smallest absolute Gasteiger partial charge is 0.220 e. The summed E-state index contributed by atoms with van der Waals surface area (Å²) in [5.41, 5.74) is 1.47. The Hall–Kier alpha value is -1.58. The van der Waals surface area contributed by atoms with Crippen molar-refractivity contribution < 1.29 is 18.7 Å². The van der Waals surface area contributed by atoms with E-state index in [2.05, 4.69) is 33.2 Å². The molecule has 1 amide bonds. The molecule has 0 spiro atoms. The molecule has 4 nitrogen and oxygen atoms in total. The average Bonchev–Trinajstić information content (AvgIpc) is 2.65. The molecule has 0 unspecified atom stereocenters. The Bertz CT molecular complexity index is 812. The Kier molecular flexibility index (Phi) is 10.1. The molecule has 164 valence electrons. The van der Waals surface area contributed by atoms with Crippen LogP contribution in [0.25, 0.3) is 0 Å². The van der Waals surface area contributed by atoms with Crippen LogP contribution in [0.2, 0.25) is 0 Å². The monoisotopic (exact) mass is 530 g/mol. The minimum Gasteiger partial charge on any atom is -0.390 e. The molecule has 0 aliphatic heterocycles. The summed E-state index contributed by atoms with van der Waals surface area (Å²) in [6, 6.07) is 10.6. The van der Waals surface area contributed by atoms with E-state index in [0.29, 0.717) is 24.4 Å². The zero-order valence-corrected chi connectivity index (χ0v) is 19.5. The molecule has 0 heterocycles. The van der Waals surface area contributed by atoms with Gasteiger partial charge in [0.1, 0.15) is 11.6 Å². The van der Waals surface area contributed by atoms with Crippen molar-refractivity contribution in [3.8, 4) is 0 Å². The van der Waals surface area contributed by atoms with Gasteiger partial charge in [0.05, 0.1) is 12.1 Å². The maximum absolute atomic E-state index is 13.6. The van der Waals surface area contributed by atoms with Crippen LogP contribution in [0.15, 0.2) is 42.5 Å². The largest absolute Gasteiger partial charge is 0.390 e. The molecular formula is C23H29F2IN2O2. The first-order valence-electron chi connectivity index (χ1n) is 10.1. The van der Waals surface area contributed by atoms with Gasteiger partial charge >= 0.3 is 0 Å². The lowest BCUT2D eigenvalue weighted by Crippen LogP contribution is -2.48. The first-order chi connectivity index (χ1) is 14.2. The lowest BCUT2D eigenvalue weighted by atomic mass is 10.00. The highest BCUT2D eigenvalue weighted by molar-refractivity contribution is 14.1. The molecule has 0 fully saturated rings. The summed E-state index contributed by atoms with van der Waals surface area (Å²) in [5.74, 6) is -1.16. The fraction of sp³-hybridized carbons (Fsp3) is 0.435. The van der Waals surface area contributed by atoms with Crippen LogP contribution < -0.4 is 10.6 Å². The Morgan fingerprint density at radius 2 is 1.80 bits per heavy atom. The summed E-state index contributed by atoms with van der Waals surface area (Å²) >= 11 is 2.24. The molecule has 3 N–H and O–H groups in total. The lowest BCUT2D eigenvalue weighted by molar-refractivity contribution is -0.122. The molecule has 2 rings (SSSR count). The summed E-state index contributed by atoms with van der Waals surface area (Å²) in [6.07, 6.45) is 0.290. The van der Waals surface area contributed by atoms with Crippen molar-refractivity contribution in [1.82, 2.24) is 10.6 Å². The van der Waals surface area contributed by atoms with Crippen LogP contribution in [-0.4, -0.2) is 29.7 Å². The van der Waals surface area contributed by atoms with Crippen LogP contribution >= 0.6 is 22.6 Å². The molecule has 0 aliphatic carbocycles. The third kappa shape index (κ3) is 9.06. The maximum atomic E-state index is 13.6. The Labute approximate surface area is 190 Å². The molecule has 0 radical (unpaired) electrons. The van der Waals surface area contributed by atoms with E-state index in [1.54, 1.807) is 0 Å². The number of hydrogen-bond donors (Lipinski definition) is 3. The zero-order valence-electron chi connectivity index (χ0n) is 17.3. The van der Waals surface area contributed by atoms with Crippen LogP contribution in [0.4, 0.5) is 8.78 Å². The van der Waals surface area contributed by atoms with E-state index in [4.69, 9.17) is 0 Å². The third-order valence-corrected chi connectivity index (χ3v) is 5.38. The van der Waals surface area contributed by atoms with Crippen LogP contribution in [0.1, 0.15) is 37.8 Å². The van der Waals surface area contributed by atoms with E-state index in [-0.39, 0.29) is 18.9 Å². The van der Waals surface area contributed by atoms with Gasteiger partial charge in [0.2, 0.25) is 5.91 Å². The second-order valence-corrected chi connectivity index (χ2v) is 9.16. The molecule has 0 aromatic heterocycles. The van der Waals surface area contributed by atoms with Crippen LogP contribution in [-0.2, 0) is 17.8 Å². The molecular weight excluding hydrogens is 501 g/mol. The molecule has 2 aromatic carbocycles. The number of carbonyl (C=O) groups excluding carboxylic acids is 1. The molecule has 7 heteroatoms. The van der Waals surface area contributed by atoms with Gasteiger partial charge in [-0.3, -0.25) is 4.79 Å². The van der Waals surface area contributed by atoms with Crippen molar-refractivity contribution in [3.63, 3.8) is 0 Å². The van der Waals surface area contributed by atoms with Crippen LogP contribution in [0.5, 0.6) is 0 Å². The van der Waals surface area contributed by atoms with E-state index in [1.165, 1.54) is 12.1 Å². The lowest BCUT2D eigenvalue weighted by Gasteiger charge is -2.25. The third-order valence-electron chi connectivity index (χ3n) is 4.71. The highest BCUT2D eigenvalue weighted by Gasteiger charge is 2.22. The zero-order chi connectivity index (χ0) is 22.1. The van der Waals surface area contributed by atoms with E-state index < -0.39 is 23.8 Å². The fourth-order valence-electron chi connectivity index (χ4n) is 3.12. The molecule has 30 heavy (non-hydrogen) atoms. The normalized spacial score (nSPS) is 13.3. The van der Waals surface area contributed by atoms with Crippen molar-refractivity contribution in [1.29, 1.82) is 0 Å². The van der Waals surface area contributed by atoms with E-state index >= 15 is 0 Å². The second kappa shape index (κ2) is 12.3. The van der Waals surface area contributed by atoms with Crippen molar-refractivity contribution >= 4 is 28.5 Å². The highest BCUT2D eigenvalue weighted by atomic mass is 127. The van der Waals surface area contributed by atoms with Gasteiger partial charge in [-0.1, -0.05) is 26.0 Å². The number of carbonyl (C=O) groups is 1. The van der Waals surface area contributed by atoms with Gasteiger partial charge < -0.3 is 15.7 Å². The predicted octanol–water partition coefficient (Wildman–Crippen LogP) is 4.18. The van der Waals surface area contributed by atoms with Crippen molar-refractivity contribution in [2.45, 2.75) is 51.8 Å². The number of aliphatic hydroxyl groups is 1. The minimum absolute atomic E-state index is 0.133. The van der Waals surface area contributed by atoms with E-state index in [9.17, 15) is 18.7 Å². The number of hydrogen-bond acceptors (Lipinski definition) is 3. The molecule has 2 aromatic rings. The molecule has 2 atom stereocenters. The summed E-state index contributed by atoms with van der Waals surface area (Å²) in [5, 5.41) is 16.7. The summed E-state index contributed by atoms with van der Waals surface area (Å²) in [6.45, 7) is 4.86. The average molecular weight is 530 g/mol. The van der Waals surface area contributed by atoms with Gasteiger partial charge in [0, 0.05) is 29.1 Å². The van der Waals surface area contributed by atoms with Gasteiger partial charge in [-0.25, -0.2) is 8.78 Å². The van der Waals surface area contributed by atoms with Gasteiger partial charge in [-0.15, -0.1) is 0 Å². The number of benzene rings is 2.